The summed E-state index contributed by atoms with van der Waals surface area (Å²) in [6.07, 6.45) is 2.06. The Hall–Kier alpha value is -1.65. The first kappa shape index (κ1) is 24.6. The summed E-state index contributed by atoms with van der Waals surface area (Å²) in [6, 6.07) is 10.4. The first-order valence-electron chi connectivity index (χ1n) is 10.3. The van der Waals surface area contributed by atoms with Gasteiger partial charge >= 0.3 is 0 Å². The van der Waals surface area contributed by atoms with Crippen molar-refractivity contribution in [3.63, 3.8) is 0 Å². The average Bonchev–Trinajstić information content (AvgIpc) is 3.25. The van der Waals surface area contributed by atoms with Crippen LogP contribution in [0.3, 0.4) is 0 Å². The van der Waals surface area contributed by atoms with Gasteiger partial charge in [0.1, 0.15) is 5.82 Å². The molecule has 0 amide bonds. The fourth-order valence-corrected chi connectivity index (χ4v) is 3.35. The Balaban J connectivity index is 0.00000320. The minimum atomic E-state index is 0. The molecule has 0 radical (unpaired) electrons. The third-order valence-corrected chi connectivity index (χ3v) is 5.05. The van der Waals surface area contributed by atoms with Crippen molar-refractivity contribution in [2.24, 2.45) is 10.9 Å². The number of rotatable bonds is 9. The Bertz CT molecular complexity index is 809. The molecular weight excluding hydrogens is 493 g/mol. The van der Waals surface area contributed by atoms with Crippen LogP contribution in [0.2, 0.25) is 0 Å². The van der Waals surface area contributed by atoms with E-state index in [1.54, 1.807) is 7.05 Å². The van der Waals surface area contributed by atoms with Crippen LogP contribution in [0.1, 0.15) is 18.4 Å². The van der Waals surface area contributed by atoms with Crippen molar-refractivity contribution >= 4 is 46.7 Å². The van der Waals surface area contributed by atoms with Crippen molar-refractivity contribution in [2.45, 2.75) is 19.4 Å². The summed E-state index contributed by atoms with van der Waals surface area (Å²) < 4.78 is 11.1. The number of anilines is 1. The number of halogens is 1. The molecule has 7 nitrogen and oxygen atoms in total. The molecular formula is C22H34IN5O2. The maximum atomic E-state index is 5.75. The zero-order valence-electron chi connectivity index (χ0n) is 18.2. The molecule has 1 fully saturated rings. The van der Waals surface area contributed by atoms with Gasteiger partial charge in [0, 0.05) is 58.8 Å². The third-order valence-electron chi connectivity index (χ3n) is 5.05. The van der Waals surface area contributed by atoms with Gasteiger partial charge in [-0.15, -0.1) is 24.0 Å². The summed E-state index contributed by atoms with van der Waals surface area (Å²) in [5.41, 5.74) is 2.20. The molecule has 3 rings (SSSR count). The van der Waals surface area contributed by atoms with E-state index in [4.69, 9.17) is 14.5 Å². The largest absolute Gasteiger partial charge is 0.381 e. The summed E-state index contributed by atoms with van der Waals surface area (Å²) in [5.74, 6) is 2.31. The van der Waals surface area contributed by atoms with Crippen molar-refractivity contribution in [3.05, 3.63) is 35.9 Å². The van der Waals surface area contributed by atoms with E-state index in [0.717, 1.165) is 68.5 Å². The first-order chi connectivity index (χ1) is 14.2. The number of guanidine groups is 1. The van der Waals surface area contributed by atoms with Crippen LogP contribution in [-0.4, -0.2) is 65.1 Å². The van der Waals surface area contributed by atoms with Gasteiger partial charge in [-0.3, -0.25) is 4.99 Å². The maximum Gasteiger partial charge on any atom is 0.191 e. The molecule has 1 unspecified atom stereocenters. The van der Waals surface area contributed by atoms with E-state index < -0.39 is 0 Å². The maximum absolute atomic E-state index is 5.75. The molecule has 1 aliphatic rings. The number of nitrogens with one attached hydrogen (secondary N) is 2. The molecule has 2 heterocycles. The number of nitrogens with zero attached hydrogens (tertiary/aromatic N) is 3. The number of ether oxygens (including phenoxy) is 2. The summed E-state index contributed by atoms with van der Waals surface area (Å²) in [7, 11) is 5.81. The Morgan fingerprint density at radius 1 is 1.30 bits per heavy atom. The second-order valence-corrected chi connectivity index (χ2v) is 7.56. The number of para-hydroxylation sites is 1. The van der Waals surface area contributed by atoms with Crippen LogP contribution in [0.25, 0.3) is 10.9 Å². The van der Waals surface area contributed by atoms with Crippen LogP contribution in [0.4, 0.5) is 5.82 Å². The van der Waals surface area contributed by atoms with E-state index in [2.05, 4.69) is 33.8 Å². The van der Waals surface area contributed by atoms with Gasteiger partial charge in [-0.05, 0) is 30.5 Å². The molecule has 166 valence electrons. The van der Waals surface area contributed by atoms with Gasteiger partial charge in [0.25, 0.3) is 0 Å². The molecule has 0 spiro atoms. The molecule has 1 aromatic heterocycles. The van der Waals surface area contributed by atoms with E-state index in [1.165, 1.54) is 5.56 Å². The molecule has 0 bridgehead atoms. The number of hydrogen-bond acceptors (Lipinski definition) is 5. The minimum Gasteiger partial charge on any atom is -0.381 e. The summed E-state index contributed by atoms with van der Waals surface area (Å²) in [5, 5.41) is 7.93. The Morgan fingerprint density at radius 2 is 2.13 bits per heavy atom. The van der Waals surface area contributed by atoms with E-state index in [9.17, 15) is 0 Å². The zero-order valence-corrected chi connectivity index (χ0v) is 20.5. The lowest BCUT2D eigenvalue weighted by Gasteiger charge is -2.17. The van der Waals surface area contributed by atoms with Crippen molar-refractivity contribution in [1.82, 2.24) is 15.6 Å². The zero-order chi connectivity index (χ0) is 20.5. The van der Waals surface area contributed by atoms with Gasteiger partial charge in [0.2, 0.25) is 0 Å². The Labute approximate surface area is 196 Å². The number of hydrogen-bond donors (Lipinski definition) is 2. The lowest BCUT2D eigenvalue weighted by molar-refractivity contribution is 0.0888. The van der Waals surface area contributed by atoms with Crippen molar-refractivity contribution in [3.8, 4) is 0 Å². The second kappa shape index (κ2) is 12.9. The Morgan fingerprint density at radius 3 is 2.87 bits per heavy atom. The quantitative estimate of drug-likeness (QED) is 0.226. The van der Waals surface area contributed by atoms with Crippen molar-refractivity contribution < 1.29 is 9.47 Å². The number of aromatic nitrogens is 1. The predicted octanol–water partition coefficient (Wildman–Crippen LogP) is 3.03. The number of pyridine rings is 1. The van der Waals surface area contributed by atoms with E-state index in [-0.39, 0.29) is 24.0 Å². The standard InChI is InChI=1S/C22H33N5O2.HI/c1-23-22(24-10-6-11-28-15-17-9-12-29-16-17)25-14-18-13-21(27(2)3)26-20-8-5-4-7-19(18)20;/h4-5,7-8,13,17H,6,9-12,14-16H2,1-3H3,(H2,23,24,25);1H. The molecule has 0 aliphatic carbocycles. The molecule has 2 aromatic rings. The predicted molar refractivity (Wildman–Crippen MR) is 134 cm³/mol. The van der Waals surface area contributed by atoms with Gasteiger partial charge < -0.3 is 25.0 Å². The van der Waals surface area contributed by atoms with Crippen LogP contribution in [-0.2, 0) is 16.0 Å². The van der Waals surface area contributed by atoms with Gasteiger partial charge in [0.05, 0.1) is 18.7 Å². The van der Waals surface area contributed by atoms with Crippen molar-refractivity contribution in [1.29, 1.82) is 0 Å². The topological polar surface area (TPSA) is 71.0 Å². The second-order valence-electron chi connectivity index (χ2n) is 7.56. The fraction of sp³-hybridized carbons (Fsp3) is 0.545. The van der Waals surface area contributed by atoms with Crippen LogP contribution in [0.15, 0.2) is 35.3 Å². The average molecular weight is 527 g/mol. The summed E-state index contributed by atoms with van der Waals surface area (Å²) >= 11 is 0. The molecule has 1 atom stereocenters. The number of aliphatic imine (C=N–C) groups is 1. The lowest BCUT2D eigenvalue weighted by Crippen LogP contribution is -2.37. The highest BCUT2D eigenvalue weighted by atomic mass is 127. The lowest BCUT2D eigenvalue weighted by atomic mass is 10.1. The SMILES string of the molecule is CN=C(NCCCOCC1CCOC1)NCc1cc(N(C)C)nc2ccccc12.I. The van der Waals surface area contributed by atoms with Crippen molar-refractivity contribution in [2.75, 3.05) is 59.0 Å². The fourth-order valence-electron chi connectivity index (χ4n) is 3.35. The van der Waals surface area contributed by atoms with Crippen LogP contribution in [0.5, 0.6) is 0 Å². The van der Waals surface area contributed by atoms with Crippen LogP contribution in [0, 0.1) is 5.92 Å². The van der Waals surface area contributed by atoms with E-state index >= 15 is 0 Å². The Kier molecular flexibility index (Phi) is 10.6. The third kappa shape index (κ3) is 7.24. The molecule has 8 heteroatoms. The molecule has 30 heavy (non-hydrogen) atoms. The highest BCUT2D eigenvalue weighted by Gasteiger charge is 2.15. The van der Waals surface area contributed by atoms with E-state index in [0.29, 0.717) is 12.5 Å². The monoisotopic (exact) mass is 527 g/mol. The van der Waals surface area contributed by atoms with Gasteiger partial charge in [-0.1, -0.05) is 18.2 Å². The van der Waals surface area contributed by atoms with E-state index in [1.807, 2.05) is 31.1 Å². The van der Waals surface area contributed by atoms with Gasteiger partial charge in [-0.25, -0.2) is 4.98 Å². The smallest absolute Gasteiger partial charge is 0.191 e. The van der Waals surface area contributed by atoms with Gasteiger partial charge in [0.15, 0.2) is 5.96 Å². The molecule has 1 aromatic carbocycles. The van der Waals surface area contributed by atoms with Crippen LogP contribution < -0.4 is 15.5 Å². The molecule has 0 saturated carbocycles. The number of fused-ring (bicyclic) bond motifs is 1. The molecule has 2 N–H and O–H groups in total. The highest BCUT2D eigenvalue weighted by Crippen LogP contribution is 2.22. The minimum absolute atomic E-state index is 0. The normalized spacial score (nSPS) is 16.4. The number of benzene rings is 1. The molecule has 1 saturated heterocycles. The summed E-state index contributed by atoms with van der Waals surface area (Å²) in [4.78, 5) is 11.1. The summed E-state index contributed by atoms with van der Waals surface area (Å²) in [6.45, 7) is 4.77. The van der Waals surface area contributed by atoms with Crippen LogP contribution >= 0.6 is 24.0 Å². The first-order valence-corrected chi connectivity index (χ1v) is 10.3. The van der Waals surface area contributed by atoms with Gasteiger partial charge in [-0.2, -0.15) is 0 Å². The highest BCUT2D eigenvalue weighted by molar-refractivity contribution is 14.0. The molecule has 1 aliphatic heterocycles.